The molecule has 1 aromatic heterocycles. The van der Waals surface area contributed by atoms with Crippen LogP contribution in [0.4, 0.5) is 10.5 Å². The molecule has 0 spiro atoms. The molecule has 4 rings (SSSR count). The van der Waals surface area contributed by atoms with E-state index in [0.29, 0.717) is 44.3 Å². The van der Waals surface area contributed by atoms with E-state index in [-0.39, 0.29) is 17.2 Å². The number of carbonyl (C=O) groups is 1. The molecule has 0 radical (unpaired) electrons. The highest BCUT2D eigenvalue weighted by Gasteiger charge is 2.32. The van der Waals surface area contributed by atoms with Crippen molar-refractivity contribution in [3.8, 4) is 0 Å². The SMILES string of the molecule is CC1CNC(N2CCN(S(=O)(=O)c3ccc(NC(=O)NCc4cccnc4)cc3)CC2)NC1. The summed E-state index contributed by atoms with van der Waals surface area (Å²) in [4.78, 5) is 18.6. The van der Waals surface area contributed by atoms with E-state index >= 15 is 0 Å². The molecule has 0 bridgehead atoms. The number of nitrogens with one attached hydrogen (secondary N) is 4. The average molecular weight is 474 g/mol. The first-order valence-electron chi connectivity index (χ1n) is 11.2. The Kier molecular flexibility index (Phi) is 7.56. The number of nitrogens with zero attached hydrogens (tertiary/aromatic N) is 3. The topological polar surface area (TPSA) is 119 Å². The lowest BCUT2D eigenvalue weighted by atomic mass is 10.1. The lowest BCUT2D eigenvalue weighted by Crippen LogP contribution is -2.64. The molecule has 0 aliphatic carbocycles. The van der Waals surface area contributed by atoms with E-state index in [0.717, 1.165) is 18.7 Å². The van der Waals surface area contributed by atoms with E-state index in [1.165, 1.54) is 16.4 Å². The highest BCUT2D eigenvalue weighted by Crippen LogP contribution is 2.20. The lowest BCUT2D eigenvalue weighted by molar-refractivity contribution is 0.0728. The largest absolute Gasteiger partial charge is 0.334 e. The molecule has 2 aliphatic rings. The normalized spacial score (nSPS) is 22.6. The average Bonchev–Trinajstić information content (AvgIpc) is 2.84. The van der Waals surface area contributed by atoms with Gasteiger partial charge in [-0.2, -0.15) is 4.31 Å². The number of anilines is 1. The van der Waals surface area contributed by atoms with Crippen molar-refractivity contribution in [2.75, 3.05) is 44.6 Å². The molecular weight excluding hydrogens is 442 g/mol. The van der Waals surface area contributed by atoms with Gasteiger partial charge in [-0.25, -0.2) is 13.2 Å². The monoisotopic (exact) mass is 473 g/mol. The molecule has 0 unspecified atom stereocenters. The quantitative estimate of drug-likeness (QED) is 0.491. The van der Waals surface area contributed by atoms with Gasteiger partial charge in [0.15, 0.2) is 0 Å². The standard InChI is InChI=1S/C22H31N7O3S/c1-17-13-24-21(25-14-17)28-9-11-29(12-10-28)33(31,32)20-6-4-19(5-7-20)27-22(30)26-16-18-3-2-8-23-15-18/h2-8,15,17,21,24-25H,9-14,16H2,1H3,(H2,26,27,30). The molecule has 178 valence electrons. The van der Waals surface area contributed by atoms with Gasteiger partial charge in [0, 0.05) is 63.9 Å². The second kappa shape index (κ2) is 10.6. The maximum absolute atomic E-state index is 13.1. The minimum atomic E-state index is -3.59. The Balaban J connectivity index is 1.28. The predicted octanol–water partition coefficient (Wildman–Crippen LogP) is 0.822. The minimum Gasteiger partial charge on any atom is -0.334 e. The van der Waals surface area contributed by atoms with Crippen molar-refractivity contribution >= 4 is 21.7 Å². The number of sulfonamides is 1. The van der Waals surface area contributed by atoms with Crippen LogP contribution in [0.25, 0.3) is 0 Å². The predicted molar refractivity (Wildman–Crippen MR) is 126 cm³/mol. The first kappa shape index (κ1) is 23.6. The summed E-state index contributed by atoms with van der Waals surface area (Å²) in [5, 5.41) is 12.4. The molecule has 2 fully saturated rings. The summed E-state index contributed by atoms with van der Waals surface area (Å²) in [6, 6.07) is 9.57. The molecule has 2 aliphatic heterocycles. The minimum absolute atomic E-state index is 0.0979. The van der Waals surface area contributed by atoms with Gasteiger partial charge >= 0.3 is 6.03 Å². The van der Waals surface area contributed by atoms with Gasteiger partial charge in [-0.15, -0.1) is 0 Å². The number of piperazine rings is 1. The van der Waals surface area contributed by atoms with Crippen molar-refractivity contribution in [3.63, 3.8) is 0 Å². The van der Waals surface area contributed by atoms with Gasteiger partial charge in [-0.1, -0.05) is 13.0 Å². The Morgan fingerprint density at radius 1 is 1.09 bits per heavy atom. The molecule has 3 heterocycles. The number of amides is 2. The van der Waals surface area contributed by atoms with Crippen LogP contribution in [0.2, 0.25) is 0 Å². The van der Waals surface area contributed by atoms with E-state index in [4.69, 9.17) is 0 Å². The zero-order valence-electron chi connectivity index (χ0n) is 18.7. The molecular formula is C22H31N7O3S. The van der Waals surface area contributed by atoms with Crippen LogP contribution >= 0.6 is 0 Å². The van der Waals surface area contributed by atoms with Crippen LogP contribution in [0.3, 0.4) is 0 Å². The van der Waals surface area contributed by atoms with Crippen LogP contribution in [0, 0.1) is 5.92 Å². The smallest absolute Gasteiger partial charge is 0.319 e. The third kappa shape index (κ3) is 6.06. The summed E-state index contributed by atoms with van der Waals surface area (Å²) in [6.45, 7) is 6.66. The van der Waals surface area contributed by atoms with Crippen molar-refractivity contribution in [2.24, 2.45) is 5.92 Å². The van der Waals surface area contributed by atoms with Crippen LogP contribution in [-0.4, -0.2) is 74.2 Å². The van der Waals surface area contributed by atoms with Gasteiger partial charge in [0.05, 0.1) is 4.90 Å². The van der Waals surface area contributed by atoms with E-state index in [2.05, 4.69) is 38.1 Å². The van der Waals surface area contributed by atoms with Gasteiger partial charge in [0.25, 0.3) is 0 Å². The number of pyridine rings is 1. The van der Waals surface area contributed by atoms with Crippen molar-refractivity contribution in [2.45, 2.75) is 24.7 Å². The summed E-state index contributed by atoms with van der Waals surface area (Å²) >= 11 is 0. The fourth-order valence-electron chi connectivity index (χ4n) is 3.95. The van der Waals surface area contributed by atoms with Crippen LogP contribution in [0.15, 0.2) is 53.7 Å². The van der Waals surface area contributed by atoms with Gasteiger partial charge in [0.1, 0.15) is 6.29 Å². The highest BCUT2D eigenvalue weighted by atomic mass is 32.2. The zero-order valence-corrected chi connectivity index (χ0v) is 19.5. The molecule has 10 nitrogen and oxygen atoms in total. The van der Waals surface area contributed by atoms with Crippen molar-refractivity contribution < 1.29 is 13.2 Å². The molecule has 2 amide bonds. The maximum atomic E-state index is 13.1. The summed E-state index contributed by atoms with van der Waals surface area (Å²) in [6.07, 6.45) is 3.45. The van der Waals surface area contributed by atoms with E-state index < -0.39 is 10.0 Å². The first-order chi connectivity index (χ1) is 15.9. The molecule has 2 aromatic rings. The summed E-state index contributed by atoms with van der Waals surface area (Å²) < 4.78 is 27.7. The third-order valence-corrected chi connectivity index (χ3v) is 7.80. The van der Waals surface area contributed by atoms with Gasteiger partial charge in [-0.3, -0.25) is 20.5 Å². The number of aromatic nitrogens is 1. The Bertz CT molecular complexity index is 1020. The number of benzene rings is 1. The zero-order chi connectivity index (χ0) is 23.3. The summed E-state index contributed by atoms with van der Waals surface area (Å²) in [7, 11) is -3.59. The fourth-order valence-corrected chi connectivity index (χ4v) is 5.37. The van der Waals surface area contributed by atoms with E-state index in [1.54, 1.807) is 30.6 Å². The van der Waals surface area contributed by atoms with Crippen LogP contribution in [0.1, 0.15) is 12.5 Å². The van der Waals surface area contributed by atoms with Crippen LogP contribution in [0.5, 0.6) is 0 Å². The summed E-state index contributed by atoms with van der Waals surface area (Å²) in [5.41, 5.74) is 1.41. The van der Waals surface area contributed by atoms with Crippen LogP contribution < -0.4 is 21.3 Å². The van der Waals surface area contributed by atoms with Crippen molar-refractivity contribution in [1.82, 2.24) is 30.1 Å². The van der Waals surface area contributed by atoms with Gasteiger partial charge < -0.3 is 10.6 Å². The van der Waals surface area contributed by atoms with Crippen molar-refractivity contribution in [3.05, 3.63) is 54.4 Å². The van der Waals surface area contributed by atoms with E-state index in [9.17, 15) is 13.2 Å². The number of hydrogen-bond acceptors (Lipinski definition) is 7. The molecule has 4 N–H and O–H groups in total. The maximum Gasteiger partial charge on any atom is 0.319 e. The molecule has 0 saturated carbocycles. The molecule has 33 heavy (non-hydrogen) atoms. The van der Waals surface area contributed by atoms with Crippen LogP contribution in [-0.2, 0) is 16.6 Å². The molecule has 1 aromatic carbocycles. The van der Waals surface area contributed by atoms with Crippen molar-refractivity contribution in [1.29, 1.82) is 0 Å². The Morgan fingerprint density at radius 2 is 1.79 bits per heavy atom. The Morgan fingerprint density at radius 3 is 2.42 bits per heavy atom. The Hall–Kier alpha value is -2.57. The second-order valence-corrected chi connectivity index (χ2v) is 10.4. The molecule has 0 atom stereocenters. The van der Waals surface area contributed by atoms with Gasteiger partial charge in [0.2, 0.25) is 10.0 Å². The Labute approximate surface area is 194 Å². The van der Waals surface area contributed by atoms with E-state index in [1.807, 2.05) is 6.07 Å². The second-order valence-electron chi connectivity index (χ2n) is 8.46. The van der Waals surface area contributed by atoms with Gasteiger partial charge in [-0.05, 0) is 41.8 Å². The number of carbonyl (C=O) groups excluding carboxylic acids is 1. The third-order valence-electron chi connectivity index (χ3n) is 5.88. The number of urea groups is 1. The lowest BCUT2D eigenvalue weighted by Gasteiger charge is -2.41. The fraction of sp³-hybridized carbons (Fsp3) is 0.455. The summed E-state index contributed by atoms with van der Waals surface area (Å²) in [5.74, 6) is 0.590. The first-order valence-corrected chi connectivity index (χ1v) is 12.6. The highest BCUT2D eigenvalue weighted by molar-refractivity contribution is 7.89. The molecule has 2 saturated heterocycles. The molecule has 11 heteroatoms. The number of hydrogen-bond donors (Lipinski definition) is 4. The number of rotatable bonds is 6.